The van der Waals surface area contributed by atoms with Gasteiger partial charge in [-0.05, 0) is 36.3 Å². The summed E-state index contributed by atoms with van der Waals surface area (Å²) in [7, 11) is 0. The van der Waals surface area contributed by atoms with Crippen LogP contribution in [0.3, 0.4) is 0 Å². The summed E-state index contributed by atoms with van der Waals surface area (Å²) in [5.74, 6) is -1.69. The fourth-order valence-electron chi connectivity index (χ4n) is 2.55. The third-order valence-corrected chi connectivity index (χ3v) is 4.85. The number of nitrogens with one attached hydrogen (secondary N) is 1. The van der Waals surface area contributed by atoms with E-state index < -0.39 is 11.9 Å². The summed E-state index contributed by atoms with van der Waals surface area (Å²) in [6.45, 7) is 0.132. The second-order valence-electron chi connectivity index (χ2n) is 5.75. The first-order chi connectivity index (χ1) is 11.7. The number of carbonyl (C=O) groups is 2. The Morgan fingerprint density at radius 2 is 1.83 bits per heavy atom. The second-order valence-corrected chi connectivity index (χ2v) is 6.78. The van der Waals surface area contributed by atoms with E-state index in [2.05, 4.69) is 22.8 Å². The Balaban J connectivity index is 1.65. The molecule has 0 fully saturated rings. The van der Waals surface area contributed by atoms with Crippen LogP contribution in [0.25, 0.3) is 0 Å². The number of rotatable bonds is 10. The molecule has 0 aliphatic rings. The van der Waals surface area contributed by atoms with Crippen molar-refractivity contribution in [3.8, 4) is 0 Å². The van der Waals surface area contributed by atoms with Crippen LogP contribution in [-0.2, 0) is 16.0 Å². The smallest absolute Gasteiger partial charge is 0.312 e. The Morgan fingerprint density at radius 1 is 1.04 bits per heavy atom. The van der Waals surface area contributed by atoms with Crippen LogP contribution in [0.1, 0.15) is 42.0 Å². The number of carboxylic acid groups (broad SMARTS) is 1. The fraction of sp³-hybridized carbons (Fsp3) is 0.368. The highest BCUT2D eigenvalue weighted by Crippen LogP contribution is 2.15. The molecule has 0 saturated heterocycles. The first kappa shape index (κ1) is 18.2. The molecule has 0 bridgehead atoms. The number of unbranched alkanes of at least 4 members (excludes halogenated alkanes) is 2. The lowest BCUT2D eigenvalue weighted by Gasteiger charge is -2.13. The number of hydrogen-bond donors (Lipinski definition) is 2. The first-order valence-electron chi connectivity index (χ1n) is 8.23. The molecule has 4 nitrogen and oxygen atoms in total. The number of aryl methyl sites for hydroxylation is 1. The third kappa shape index (κ3) is 6.16. The minimum atomic E-state index is -0.919. The second kappa shape index (κ2) is 9.88. The quantitative estimate of drug-likeness (QED) is 0.643. The highest BCUT2D eigenvalue weighted by atomic mass is 32.1. The zero-order chi connectivity index (χ0) is 17.2. The maximum absolute atomic E-state index is 11.9. The number of benzene rings is 1. The summed E-state index contributed by atoms with van der Waals surface area (Å²) in [5, 5.41) is 14.2. The molecule has 2 rings (SSSR count). The molecule has 24 heavy (non-hydrogen) atoms. The van der Waals surface area contributed by atoms with Gasteiger partial charge in [-0.1, -0.05) is 42.8 Å². The monoisotopic (exact) mass is 345 g/mol. The van der Waals surface area contributed by atoms with Crippen LogP contribution in [-0.4, -0.2) is 23.5 Å². The molecule has 5 heteroatoms. The van der Waals surface area contributed by atoms with Crippen molar-refractivity contribution < 1.29 is 14.7 Å². The van der Waals surface area contributed by atoms with Crippen molar-refractivity contribution in [2.75, 3.05) is 6.54 Å². The van der Waals surface area contributed by atoms with Crippen LogP contribution in [0.4, 0.5) is 0 Å². The van der Waals surface area contributed by atoms with E-state index in [0.717, 1.165) is 25.7 Å². The van der Waals surface area contributed by atoms with Gasteiger partial charge in [-0.3, -0.25) is 9.59 Å². The van der Waals surface area contributed by atoms with Gasteiger partial charge in [0.05, 0.1) is 5.92 Å². The third-order valence-electron chi connectivity index (χ3n) is 3.91. The van der Waals surface area contributed by atoms with Crippen molar-refractivity contribution >= 4 is 23.2 Å². The lowest BCUT2D eigenvalue weighted by atomic mass is 9.99. The molecule has 0 saturated carbocycles. The zero-order valence-electron chi connectivity index (χ0n) is 13.6. The van der Waals surface area contributed by atoms with Gasteiger partial charge in [0, 0.05) is 17.8 Å². The summed E-state index contributed by atoms with van der Waals surface area (Å²) < 4.78 is 0. The Bertz CT molecular complexity index is 625. The van der Waals surface area contributed by atoms with Crippen molar-refractivity contribution in [1.29, 1.82) is 0 Å². The first-order valence-corrected chi connectivity index (χ1v) is 9.11. The Labute approximate surface area is 146 Å². The number of hydrogen-bond acceptors (Lipinski definition) is 3. The van der Waals surface area contributed by atoms with E-state index in [1.807, 2.05) is 6.07 Å². The van der Waals surface area contributed by atoms with Crippen LogP contribution in [0, 0.1) is 0 Å². The van der Waals surface area contributed by atoms with Gasteiger partial charge in [0.15, 0.2) is 0 Å². The highest BCUT2D eigenvalue weighted by Gasteiger charge is 2.20. The molecule has 0 spiro atoms. The topological polar surface area (TPSA) is 66.4 Å². The van der Waals surface area contributed by atoms with Gasteiger partial charge in [0.25, 0.3) is 0 Å². The predicted octanol–water partition coefficient (Wildman–Crippen LogP) is 3.84. The van der Waals surface area contributed by atoms with Crippen molar-refractivity contribution in [3.05, 3.63) is 58.3 Å². The van der Waals surface area contributed by atoms with Crippen LogP contribution in [0.2, 0.25) is 0 Å². The normalized spacial score (nSPS) is 11.8. The SMILES string of the molecule is O=C(CCCCCc1cccs1)NCC(C(=O)O)c1ccccc1. The van der Waals surface area contributed by atoms with Gasteiger partial charge < -0.3 is 10.4 Å². The highest BCUT2D eigenvalue weighted by molar-refractivity contribution is 7.09. The summed E-state index contributed by atoms with van der Waals surface area (Å²) in [4.78, 5) is 24.6. The predicted molar refractivity (Wildman–Crippen MR) is 96.3 cm³/mol. The maximum atomic E-state index is 11.9. The Hall–Kier alpha value is -2.14. The van der Waals surface area contributed by atoms with Gasteiger partial charge >= 0.3 is 5.97 Å². The number of carboxylic acids is 1. The lowest BCUT2D eigenvalue weighted by Crippen LogP contribution is -2.31. The lowest BCUT2D eigenvalue weighted by molar-refractivity contribution is -0.138. The molecule has 0 aliphatic heterocycles. The molecule has 1 atom stereocenters. The molecule has 128 valence electrons. The number of amides is 1. The van der Waals surface area contributed by atoms with E-state index in [9.17, 15) is 14.7 Å². The molecule has 2 aromatic rings. The van der Waals surface area contributed by atoms with Crippen molar-refractivity contribution in [1.82, 2.24) is 5.32 Å². The molecular weight excluding hydrogens is 322 g/mol. The summed E-state index contributed by atoms with van der Waals surface area (Å²) in [6.07, 6.45) is 4.43. The van der Waals surface area contributed by atoms with Gasteiger partial charge in [0.2, 0.25) is 5.91 Å². The molecule has 0 aliphatic carbocycles. The molecule has 0 radical (unpaired) electrons. The molecular formula is C19H23NO3S. The van der Waals surface area contributed by atoms with E-state index in [0.29, 0.717) is 12.0 Å². The van der Waals surface area contributed by atoms with Gasteiger partial charge in [0.1, 0.15) is 0 Å². The van der Waals surface area contributed by atoms with E-state index >= 15 is 0 Å². The Kier molecular flexibility index (Phi) is 7.49. The summed E-state index contributed by atoms with van der Waals surface area (Å²) in [5.41, 5.74) is 0.709. The minimum Gasteiger partial charge on any atom is -0.481 e. The van der Waals surface area contributed by atoms with Gasteiger partial charge in [-0.2, -0.15) is 0 Å². The van der Waals surface area contributed by atoms with E-state index in [1.54, 1.807) is 35.6 Å². The molecule has 1 amide bonds. The number of carbonyl (C=O) groups excluding carboxylic acids is 1. The standard InChI is InChI=1S/C19H23NO3S/c21-18(12-6-2-5-10-16-11-7-13-24-16)20-14-17(19(22)23)15-8-3-1-4-9-15/h1,3-4,7-9,11,13,17H,2,5-6,10,12,14H2,(H,20,21)(H,22,23). The summed E-state index contributed by atoms with van der Waals surface area (Å²) >= 11 is 1.76. The molecule has 1 heterocycles. The zero-order valence-corrected chi connectivity index (χ0v) is 14.4. The van der Waals surface area contributed by atoms with Crippen LogP contribution < -0.4 is 5.32 Å². The van der Waals surface area contributed by atoms with Gasteiger partial charge in [-0.25, -0.2) is 0 Å². The van der Waals surface area contributed by atoms with Crippen molar-refractivity contribution in [3.63, 3.8) is 0 Å². The average Bonchev–Trinajstić information content (AvgIpc) is 3.09. The van der Waals surface area contributed by atoms with Crippen molar-refractivity contribution in [2.24, 2.45) is 0 Å². The molecule has 1 unspecified atom stereocenters. The van der Waals surface area contributed by atoms with Crippen LogP contribution in [0.5, 0.6) is 0 Å². The van der Waals surface area contributed by atoms with Crippen LogP contribution >= 0.6 is 11.3 Å². The van der Waals surface area contributed by atoms with E-state index in [1.165, 1.54) is 4.88 Å². The Morgan fingerprint density at radius 3 is 2.50 bits per heavy atom. The average molecular weight is 345 g/mol. The van der Waals surface area contributed by atoms with Crippen molar-refractivity contribution in [2.45, 2.75) is 38.0 Å². The largest absolute Gasteiger partial charge is 0.481 e. The minimum absolute atomic E-state index is 0.0756. The fourth-order valence-corrected chi connectivity index (χ4v) is 3.31. The molecule has 1 aromatic carbocycles. The van der Waals surface area contributed by atoms with Crippen LogP contribution in [0.15, 0.2) is 47.8 Å². The van der Waals surface area contributed by atoms with Gasteiger partial charge in [-0.15, -0.1) is 11.3 Å². The molecule has 2 N–H and O–H groups in total. The maximum Gasteiger partial charge on any atom is 0.312 e. The number of thiophene rings is 1. The molecule has 1 aromatic heterocycles. The van der Waals surface area contributed by atoms with E-state index in [-0.39, 0.29) is 12.5 Å². The van der Waals surface area contributed by atoms with E-state index in [4.69, 9.17) is 0 Å². The summed E-state index contributed by atoms with van der Waals surface area (Å²) in [6, 6.07) is 13.2. The number of aliphatic carboxylic acids is 1.